The van der Waals surface area contributed by atoms with Gasteiger partial charge >= 0.3 is 0 Å². The first-order valence-corrected chi connectivity index (χ1v) is 6.40. The lowest BCUT2D eigenvalue weighted by molar-refractivity contribution is 0.267. The molecule has 0 heterocycles. The number of rotatable bonds is 5. The van der Waals surface area contributed by atoms with Gasteiger partial charge in [-0.15, -0.1) is 12.4 Å². The first-order chi connectivity index (χ1) is 7.89. The molecule has 0 aliphatic rings. The molecule has 1 aromatic carbocycles. The molecule has 3 heteroatoms. The molecule has 1 rings (SSSR count). The molecular formula is C15H27ClN2. The van der Waals surface area contributed by atoms with E-state index in [0.29, 0.717) is 12.5 Å². The summed E-state index contributed by atoms with van der Waals surface area (Å²) in [5.41, 5.74) is 9.90. The van der Waals surface area contributed by atoms with Crippen LogP contribution in [0.4, 0.5) is 0 Å². The predicted molar refractivity (Wildman–Crippen MR) is 82.3 cm³/mol. The molecule has 104 valence electrons. The Labute approximate surface area is 118 Å². The molecule has 0 spiro atoms. The number of hydrogen-bond acceptors (Lipinski definition) is 2. The Kier molecular flexibility index (Phi) is 6.90. The van der Waals surface area contributed by atoms with Gasteiger partial charge in [0.25, 0.3) is 0 Å². The Hall–Kier alpha value is -0.570. The van der Waals surface area contributed by atoms with Gasteiger partial charge in [-0.3, -0.25) is 0 Å². The van der Waals surface area contributed by atoms with Crippen LogP contribution in [-0.2, 0) is 6.54 Å². The minimum absolute atomic E-state index is 0. The third kappa shape index (κ3) is 4.27. The molecule has 0 aliphatic carbocycles. The fourth-order valence-electron chi connectivity index (χ4n) is 1.73. The van der Waals surface area contributed by atoms with Crippen LogP contribution in [0.5, 0.6) is 0 Å². The van der Waals surface area contributed by atoms with Crippen molar-refractivity contribution in [1.29, 1.82) is 0 Å². The van der Waals surface area contributed by atoms with Gasteiger partial charge in [0.1, 0.15) is 0 Å². The molecule has 1 aromatic rings. The van der Waals surface area contributed by atoms with Crippen molar-refractivity contribution in [1.82, 2.24) is 5.32 Å². The fourth-order valence-corrected chi connectivity index (χ4v) is 1.73. The van der Waals surface area contributed by atoms with Gasteiger partial charge in [0.15, 0.2) is 0 Å². The van der Waals surface area contributed by atoms with Crippen molar-refractivity contribution in [3.63, 3.8) is 0 Å². The highest BCUT2D eigenvalue weighted by Crippen LogP contribution is 2.16. The summed E-state index contributed by atoms with van der Waals surface area (Å²) >= 11 is 0. The second-order valence-corrected chi connectivity index (χ2v) is 5.55. The highest BCUT2D eigenvalue weighted by atomic mass is 35.5. The molecule has 0 amide bonds. The van der Waals surface area contributed by atoms with Gasteiger partial charge < -0.3 is 11.1 Å². The van der Waals surface area contributed by atoms with E-state index in [2.05, 4.69) is 58.1 Å². The maximum Gasteiger partial charge on any atom is 0.0301 e. The van der Waals surface area contributed by atoms with Gasteiger partial charge in [0.2, 0.25) is 0 Å². The van der Waals surface area contributed by atoms with Crippen LogP contribution in [0.3, 0.4) is 0 Å². The number of nitrogens with one attached hydrogen (secondary N) is 1. The largest absolute Gasteiger partial charge is 0.329 e. The van der Waals surface area contributed by atoms with Gasteiger partial charge in [0.05, 0.1) is 0 Å². The summed E-state index contributed by atoms with van der Waals surface area (Å²) in [6.45, 7) is 12.5. The average molecular weight is 271 g/mol. The Morgan fingerprint density at radius 3 is 2.28 bits per heavy atom. The monoisotopic (exact) mass is 270 g/mol. The second kappa shape index (κ2) is 7.13. The van der Waals surface area contributed by atoms with E-state index in [1.165, 1.54) is 16.7 Å². The fraction of sp³-hybridized carbons (Fsp3) is 0.600. The van der Waals surface area contributed by atoms with E-state index in [1.807, 2.05) is 0 Å². The van der Waals surface area contributed by atoms with Crippen LogP contribution in [0.25, 0.3) is 0 Å². The van der Waals surface area contributed by atoms with Crippen molar-refractivity contribution in [2.24, 2.45) is 11.7 Å². The molecular weight excluding hydrogens is 244 g/mol. The third-order valence-electron chi connectivity index (χ3n) is 3.97. The quantitative estimate of drug-likeness (QED) is 0.862. The zero-order chi connectivity index (χ0) is 13.1. The lowest BCUT2D eigenvalue weighted by Crippen LogP contribution is -2.52. The number of benzene rings is 1. The van der Waals surface area contributed by atoms with Crippen LogP contribution in [0.15, 0.2) is 18.2 Å². The van der Waals surface area contributed by atoms with E-state index >= 15 is 0 Å². The smallest absolute Gasteiger partial charge is 0.0301 e. The molecule has 0 fully saturated rings. The Morgan fingerprint density at radius 1 is 1.22 bits per heavy atom. The first-order valence-electron chi connectivity index (χ1n) is 6.40. The van der Waals surface area contributed by atoms with Crippen LogP contribution < -0.4 is 11.1 Å². The summed E-state index contributed by atoms with van der Waals surface area (Å²) in [4.78, 5) is 0. The molecule has 0 bridgehead atoms. The highest BCUT2D eigenvalue weighted by Gasteiger charge is 2.25. The zero-order valence-electron chi connectivity index (χ0n) is 12.2. The molecule has 2 nitrogen and oxygen atoms in total. The molecule has 0 saturated carbocycles. The van der Waals surface area contributed by atoms with Crippen molar-refractivity contribution >= 4 is 12.4 Å². The maximum atomic E-state index is 5.86. The van der Waals surface area contributed by atoms with E-state index in [0.717, 1.165) is 6.54 Å². The Bertz CT molecular complexity index is 377. The minimum Gasteiger partial charge on any atom is -0.329 e. The zero-order valence-corrected chi connectivity index (χ0v) is 13.0. The van der Waals surface area contributed by atoms with Crippen LogP contribution in [0, 0.1) is 19.8 Å². The van der Waals surface area contributed by atoms with E-state index in [4.69, 9.17) is 5.73 Å². The number of nitrogens with two attached hydrogens (primary N) is 1. The molecule has 3 N–H and O–H groups in total. The highest BCUT2D eigenvalue weighted by molar-refractivity contribution is 5.85. The average Bonchev–Trinajstić information content (AvgIpc) is 2.30. The van der Waals surface area contributed by atoms with E-state index < -0.39 is 0 Å². The van der Waals surface area contributed by atoms with Crippen molar-refractivity contribution < 1.29 is 0 Å². The van der Waals surface area contributed by atoms with Crippen molar-refractivity contribution in [2.75, 3.05) is 6.54 Å². The number of aryl methyl sites for hydroxylation is 2. The van der Waals surface area contributed by atoms with Crippen LogP contribution >= 0.6 is 12.4 Å². The number of halogens is 1. The number of hydrogen-bond donors (Lipinski definition) is 2. The van der Waals surface area contributed by atoms with Gasteiger partial charge in [-0.2, -0.15) is 0 Å². The first kappa shape index (κ1) is 17.4. The second-order valence-electron chi connectivity index (χ2n) is 5.55. The molecule has 1 unspecified atom stereocenters. The topological polar surface area (TPSA) is 38.0 Å². The van der Waals surface area contributed by atoms with Crippen LogP contribution in [-0.4, -0.2) is 12.1 Å². The molecule has 0 aromatic heterocycles. The van der Waals surface area contributed by atoms with E-state index in [9.17, 15) is 0 Å². The van der Waals surface area contributed by atoms with Crippen LogP contribution in [0.2, 0.25) is 0 Å². The Balaban J connectivity index is 0.00000289. The molecule has 18 heavy (non-hydrogen) atoms. The van der Waals surface area contributed by atoms with Gasteiger partial charge in [-0.1, -0.05) is 32.0 Å². The summed E-state index contributed by atoms with van der Waals surface area (Å²) < 4.78 is 0. The lowest BCUT2D eigenvalue weighted by Gasteiger charge is -2.34. The van der Waals surface area contributed by atoms with Crippen LogP contribution in [0.1, 0.15) is 37.5 Å². The minimum atomic E-state index is 0. The van der Waals surface area contributed by atoms with Gasteiger partial charge in [0, 0.05) is 18.6 Å². The third-order valence-corrected chi connectivity index (χ3v) is 3.97. The van der Waals surface area contributed by atoms with Gasteiger partial charge in [-0.05, 0) is 43.4 Å². The summed E-state index contributed by atoms with van der Waals surface area (Å²) in [7, 11) is 0. The predicted octanol–water partition coefficient (Wildman–Crippen LogP) is 3.19. The van der Waals surface area contributed by atoms with Gasteiger partial charge in [-0.25, -0.2) is 0 Å². The van der Waals surface area contributed by atoms with Crippen molar-refractivity contribution in [3.8, 4) is 0 Å². The Morgan fingerprint density at radius 2 is 1.83 bits per heavy atom. The molecule has 0 aliphatic heterocycles. The summed E-state index contributed by atoms with van der Waals surface area (Å²) in [6, 6.07) is 6.62. The molecule has 0 radical (unpaired) electrons. The lowest BCUT2D eigenvalue weighted by atomic mass is 9.88. The maximum absolute atomic E-state index is 5.86. The molecule has 1 atom stereocenters. The summed E-state index contributed by atoms with van der Waals surface area (Å²) in [6.07, 6.45) is 0. The van der Waals surface area contributed by atoms with Crippen molar-refractivity contribution in [3.05, 3.63) is 34.9 Å². The molecule has 0 saturated heterocycles. The normalized spacial score (nSPS) is 14.2. The summed E-state index contributed by atoms with van der Waals surface area (Å²) in [5.74, 6) is 0.527. The SMILES string of the molecule is Cc1ccc(CNC(C)(CN)C(C)C)cc1C.Cl. The van der Waals surface area contributed by atoms with E-state index in [1.54, 1.807) is 0 Å². The standard InChI is InChI=1S/C15H26N2.ClH/c1-11(2)15(5,10-16)17-9-14-7-6-12(3)13(4)8-14;/h6-8,11,17H,9-10,16H2,1-5H3;1H. The van der Waals surface area contributed by atoms with E-state index in [-0.39, 0.29) is 17.9 Å². The van der Waals surface area contributed by atoms with Crippen molar-refractivity contribution in [2.45, 2.75) is 46.7 Å². The summed E-state index contributed by atoms with van der Waals surface area (Å²) in [5, 5.41) is 3.58.